The second kappa shape index (κ2) is 2.34. The van der Waals surface area contributed by atoms with Gasteiger partial charge in [0.05, 0.1) is 0 Å². The predicted molar refractivity (Wildman–Crippen MR) is 44.3 cm³/mol. The van der Waals surface area contributed by atoms with Crippen molar-refractivity contribution in [3.8, 4) is 0 Å². The first-order chi connectivity index (χ1) is 5.20. The molecule has 0 aromatic carbocycles. The zero-order chi connectivity index (χ0) is 8.01. The van der Waals surface area contributed by atoms with Gasteiger partial charge in [-0.2, -0.15) is 0 Å². The number of allylic oxidation sites excluding steroid dienone is 2. The first kappa shape index (κ1) is 7.35. The van der Waals surface area contributed by atoms with Gasteiger partial charge in [0.15, 0.2) is 0 Å². The Labute approximate surface area is 71.4 Å². The van der Waals surface area contributed by atoms with E-state index in [1.54, 1.807) is 0 Å². The van der Waals surface area contributed by atoms with Crippen LogP contribution in [0.15, 0.2) is 12.2 Å². The van der Waals surface area contributed by atoms with Gasteiger partial charge in [-0.25, -0.2) is 0 Å². The largest absolute Gasteiger partial charge is 0.281 e. The van der Waals surface area contributed by atoms with Crippen molar-refractivity contribution < 1.29 is 4.79 Å². The Kier molecular flexibility index (Phi) is 1.57. The molecule has 0 spiro atoms. The molecule has 4 atom stereocenters. The van der Waals surface area contributed by atoms with Crippen molar-refractivity contribution >= 4 is 16.8 Å². The van der Waals surface area contributed by atoms with Crippen molar-refractivity contribution in [2.45, 2.75) is 13.3 Å². The highest BCUT2D eigenvalue weighted by atomic mass is 35.5. The average Bonchev–Trinajstić information content (AvgIpc) is 2.44. The van der Waals surface area contributed by atoms with E-state index in [4.69, 9.17) is 11.6 Å². The first-order valence-corrected chi connectivity index (χ1v) is 4.45. The molecule has 1 fully saturated rings. The molecule has 11 heavy (non-hydrogen) atoms. The maximum Gasteiger partial charge on any atom is 0.225 e. The smallest absolute Gasteiger partial charge is 0.225 e. The zero-order valence-corrected chi connectivity index (χ0v) is 7.21. The summed E-state index contributed by atoms with van der Waals surface area (Å²) in [5, 5.41) is -0.144. The number of rotatable bonds is 1. The lowest BCUT2D eigenvalue weighted by Gasteiger charge is -2.20. The summed E-state index contributed by atoms with van der Waals surface area (Å²) >= 11 is 5.50. The topological polar surface area (TPSA) is 17.1 Å². The third-order valence-corrected chi connectivity index (χ3v) is 3.37. The number of hydrogen-bond acceptors (Lipinski definition) is 1. The molecule has 0 heterocycles. The predicted octanol–water partition coefficient (Wildman–Crippen LogP) is 2.21. The Morgan fingerprint density at radius 1 is 1.45 bits per heavy atom. The van der Waals surface area contributed by atoms with Gasteiger partial charge in [-0.3, -0.25) is 4.79 Å². The second-order valence-corrected chi connectivity index (χ2v) is 4.01. The number of halogens is 1. The Morgan fingerprint density at radius 3 is 2.45 bits per heavy atom. The molecule has 0 aliphatic heterocycles. The van der Waals surface area contributed by atoms with Crippen LogP contribution in [-0.2, 0) is 4.79 Å². The summed E-state index contributed by atoms with van der Waals surface area (Å²) in [4.78, 5) is 11.0. The lowest BCUT2D eigenvalue weighted by Crippen LogP contribution is -2.21. The van der Waals surface area contributed by atoms with Crippen LogP contribution in [0.1, 0.15) is 13.3 Å². The maximum absolute atomic E-state index is 11.0. The lowest BCUT2D eigenvalue weighted by molar-refractivity contribution is -0.116. The van der Waals surface area contributed by atoms with Gasteiger partial charge in [0, 0.05) is 5.92 Å². The van der Waals surface area contributed by atoms with Crippen LogP contribution in [0, 0.1) is 23.7 Å². The number of fused-ring (bicyclic) bond motifs is 2. The SMILES string of the molecule is C[C@@H]1[C@@H](C(=O)Cl)[C@H]2C=C[C@@H]1C2. The minimum atomic E-state index is -0.144. The van der Waals surface area contributed by atoms with E-state index >= 15 is 0 Å². The Hall–Kier alpha value is -0.300. The molecule has 60 valence electrons. The van der Waals surface area contributed by atoms with E-state index in [9.17, 15) is 4.79 Å². The molecular formula is C9H11ClO. The van der Waals surface area contributed by atoms with Gasteiger partial charge in [-0.05, 0) is 35.8 Å². The van der Waals surface area contributed by atoms with Crippen LogP contribution in [0.3, 0.4) is 0 Å². The molecule has 0 saturated heterocycles. The van der Waals surface area contributed by atoms with E-state index in [2.05, 4.69) is 19.1 Å². The molecule has 2 aliphatic carbocycles. The molecule has 0 N–H and O–H groups in total. The average molecular weight is 171 g/mol. The van der Waals surface area contributed by atoms with E-state index in [0.717, 1.165) is 6.42 Å². The summed E-state index contributed by atoms with van der Waals surface area (Å²) in [6, 6.07) is 0. The van der Waals surface area contributed by atoms with Crippen molar-refractivity contribution in [1.82, 2.24) is 0 Å². The summed E-state index contributed by atoms with van der Waals surface area (Å²) in [5.74, 6) is 1.63. The summed E-state index contributed by atoms with van der Waals surface area (Å²) < 4.78 is 0. The van der Waals surface area contributed by atoms with Gasteiger partial charge in [-0.1, -0.05) is 19.1 Å². The monoisotopic (exact) mass is 170 g/mol. The molecule has 0 aromatic rings. The highest BCUT2D eigenvalue weighted by molar-refractivity contribution is 6.64. The highest BCUT2D eigenvalue weighted by Gasteiger charge is 2.44. The summed E-state index contributed by atoms with van der Waals surface area (Å²) in [5.41, 5.74) is 0. The Morgan fingerprint density at radius 2 is 2.09 bits per heavy atom. The molecule has 0 radical (unpaired) electrons. The normalized spacial score (nSPS) is 46.7. The number of hydrogen-bond donors (Lipinski definition) is 0. The second-order valence-electron chi connectivity index (χ2n) is 3.64. The van der Waals surface area contributed by atoms with Crippen molar-refractivity contribution in [3.05, 3.63) is 12.2 Å². The van der Waals surface area contributed by atoms with Crippen LogP contribution >= 0.6 is 11.6 Å². The molecule has 2 aliphatic rings. The molecular weight excluding hydrogens is 160 g/mol. The molecule has 2 rings (SSSR count). The van der Waals surface area contributed by atoms with E-state index < -0.39 is 0 Å². The fourth-order valence-corrected chi connectivity index (χ4v) is 2.80. The lowest BCUT2D eigenvalue weighted by atomic mass is 9.85. The third-order valence-electron chi connectivity index (χ3n) is 3.11. The molecule has 1 nitrogen and oxygen atoms in total. The van der Waals surface area contributed by atoms with Crippen LogP contribution in [0.4, 0.5) is 0 Å². The van der Waals surface area contributed by atoms with Gasteiger partial charge in [0.1, 0.15) is 0 Å². The molecule has 0 amide bonds. The van der Waals surface area contributed by atoms with Crippen LogP contribution in [0.2, 0.25) is 0 Å². The quantitative estimate of drug-likeness (QED) is 0.436. The molecule has 2 heteroatoms. The van der Waals surface area contributed by atoms with Gasteiger partial charge < -0.3 is 0 Å². The highest BCUT2D eigenvalue weighted by Crippen LogP contribution is 2.48. The van der Waals surface area contributed by atoms with Gasteiger partial charge >= 0.3 is 0 Å². The standard InChI is InChI=1S/C9H11ClO/c1-5-6-2-3-7(4-6)8(5)9(10)11/h2-3,5-8H,4H2,1H3/t5-,6+,7-,8+/m0/s1. The summed E-state index contributed by atoms with van der Waals surface area (Å²) in [6.45, 7) is 2.12. The van der Waals surface area contributed by atoms with E-state index in [-0.39, 0.29) is 11.2 Å². The van der Waals surface area contributed by atoms with E-state index in [1.165, 1.54) is 0 Å². The summed E-state index contributed by atoms with van der Waals surface area (Å²) in [7, 11) is 0. The molecule has 0 aromatic heterocycles. The van der Waals surface area contributed by atoms with Crippen molar-refractivity contribution in [2.75, 3.05) is 0 Å². The van der Waals surface area contributed by atoms with Crippen LogP contribution in [-0.4, -0.2) is 5.24 Å². The van der Waals surface area contributed by atoms with Crippen molar-refractivity contribution in [1.29, 1.82) is 0 Å². The Bertz CT molecular complexity index is 222. The zero-order valence-electron chi connectivity index (χ0n) is 6.46. The van der Waals surface area contributed by atoms with Crippen LogP contribution in [0.25, 0.3) is 0 Å². The van der Waals surface area contributed by atoms with Gasteiger partial charge in [0.25, 0.3) is 0 Å². The van der Waals surface area contributed by atoms with Crippen molar-refractivity contribution in [2.24, 2.45) is 23.7 Å². The summed E-state index contributed by atoms with van der Waals surface area (Å²) in [6.07, 6.45) is 5.52. The van der Waals surface area contributed by atoms with Gasteiger partial charge in [0.2, 0.25) is 5.24 Å². The minimum Gasteiger partial charge on any atom is -0.281 e. The molecule has 0 unspecified atom stereocenters. The molecule has 1 saturated carbocycles. The van der Waals surface area contributed by atoms with Crippen LogP contribution in [0.5, 0.6) is 0 Å². The fraction of sp³-hybridized carbons (Fsp3) is 0.667. The van der Waals surface area contributed by atoms with E-state index in [0.29, 0.717) is 17.8 Å². The fourth-order valence-electron chi connectivity index (χ4n) is 2.44. The van der Waals surface area contributed by atoms with Crippen molar-refractivity contribution in [3.63, 3.8) is 0 Å². The first-order valence-electron chi connectivity index (χ1n) is 4.08. The van der Waals surface area contributed by atoms with Gasteiger partial charge in [-0.15, -0.1) is 0 Å². The maximum atomic E-state index is 11.0. The number of carbonyl (C=O) groups excluding carboxylic acids is 1. The Balaban J connectivity index is 2.25. The van der Waals surface area contributed by atoms with E-state index in [1.807, 2.05) is 0 Å². The third kappa shape index (κ3) is 0.943. The minimum absolute atomic E-state index is 0.103. The number of carbonyl (C=O) groups is 1. The molecule has 2 bridgehead atoms. The van der Waals surface area contributed by atoms with Crippen LogP contribution < -0.4 is 0 Å².